The van der Waals surface area contributed by atoms with Crippen LogP contribution in [-0.4, -0.2) is 89.5 Å². The molecule has 0 aromatic heterocycles. The quantitative estimate of drug-likeness (QED) is 0.311. The van der Waals surface area contributed by atoms with E-state index in [2.05, 4.69) is 15.4 Å². The lowest BCUT2D eigenvalue weighted by molar-refractivity contribution is -0.141. The van der Waals surface area contributed by atoms with Crippen molar-refractivity contribution in [2.75, 3.05) is 6.54 Å². The Morgan fingerprint density at radius 3 is 2.40 bits per heavy atom. The highest BCUT2D eigenvalue weighted by Gasteiger charge is 2.62. The largest absolute Gasteiger partial charge is 0.444 e. The monoisotopic (exact) mass is 753 g/mol. The summed E-state index contributed by atoms with van der Waals surface area (Å²) >= 11 is 0. The summed E-state index contributed by atoms with van der Waals surface area (Å²) in [6, 6.07) is 7.24. The molecule has 5 atom stereocenters. The van der Waals surface area contributed by atoms with Gasteiger partial charge in [-0.3, -0.25) is 19.3 Å². The predicted molar refractivity (Wildman–Crippen MR) is 188 cm³/mol. The molecule has 2 aliphatic carbocycles. The summed E-state index contributed by atoms with van der Waals surface area (Å²) in [6.07, 6.45) is 4.84. The Morgan fingerprint density at radius 1 is 1.06 bits per heavy atom. The van der Waals surface area contributed by atoms with Gasteiger partial charge in [0.2, 0.25) is 11.8 Å². The standard InChI is InChI=1S/C36H47N7O9S/c1-34(2,3)52-32(47)38-27-14-8-6-4-5-7-13-25-18-36(25,31(46)40-53(49,50)41-35(22-37)15-16-35)39-29(44)28-17-26(21-43(28)30(27)45)51-33(48)42-19-23-11-9-10-12-24(23)20-42/h7,9-13,25-28,41H,4-6,8,14-21H2,1-3H3,(H,38,47)(H,39,44)(H,40,46)/b13-7-/t25-,26-,27+,28+,36-/m1/s1. The third-order valence-electron chi connectivity index (χ3n) is 10.2. The molecule has 2 saturated carbocycles. The lowest BCUT2D eigenvalue weighted by Crippen LogP contribution is -2.59. The second-order valence-corrected chi connectivity index (χ2v) is 17.1. The SMILES string of the molecule is CC(C)(C)OC(=O)N[C@H]1CCCCC/C=C\[C@@H]2C[C@@]2(C(=O)NS(=O)(=O)NC2(C#N)CC2)NC(=O)[C@@H]2C[C@@H](OC(=O)N3Cc4ccccc4C3)CN2C1=O. The zero-order chi connectivity index (χ0) is 38.2. The summed E-state index contributed by atoms with van der Waals surface area (Å²) in [7, 11) is -4.47. The maximum Gasteiger partial charge on any atom is 0.410 e. The fourth-order valence-electron chi connectivity index (χ4n) is 7.15. The van der Waals surface area contributed by atoms with Gasteiger partial charge in [-0.15, -0.1) is 0 Å². The first-order valence-electron chi connectivity index (χ1n) is 18.1. The van der Waals surface area contributed by atoms with Gasteiger partial charge in [-0.1, -0.05) is 49.3 Å². The molecule has 17 heteroatoms. The molecule has 3 fully saturated rings. The van der Waals surface area contributed by atoms with Crippen LogP contribution in [0.4, 0.5) is 9.59 Å². The van der Waals surface area contributed by atoms with E-state index >= 15 is 0 Å². The number of fused-ring (bicyclic) bond motifs is 3. The number of carbonyl (C=O) groups is 5. The average molecular weight is 754 g/mol. The van der Waals surface area contributed by atoms with Gasteiger partial charge in [0.05, 0.1) is 12.6 Å². The van der Waals surface area contributed by atoms with Crippen LogP contribution in [0.5, 0.6) is 0 Å². The first-order valence-corrected chi connectivity index (χ1v) is 19.6. The maximum atomic E-state index is 14.3. The number of nitrogens with zero attached hydrogens (tertiary/aromatic N) is 3. The Labute approximate surface area is 309 Å². The number of nitrogens with one attached hydrogen (secondary N) is 4. The minimum absolute atomic E-state index is 0.0947. The van der Waals surface area contributed by atoms with Crippen LogP contribution < -0.4 is 20.1 Å². The number of carbonyl (C=O) groups excluding carboxylic acids is 5. The number of hydrogen-bond acceptors (Lipinski definition) is 10. The maximum absolute atomic E-state index is 14.3. The molecule has 286 valence electrons. The van der Waals surface area contributed by atoms with Crippen molar-refractivity contribution in [1.82, 2.24) is 29.9 Å². The van der Waals surface area contributed by atoms with Crippen molar-refractivity contribution < 1.29 is 41.9 Å². The van der Waals surface area contributed by atoms with Gasteiger partial charge in [-0.05, 0) is 70.4 Å². The number of amides is 5. The topological polar surface area (TPSA) is 216 Å². The molecule has 1 saturated heterocycles. The second kappa shape index (κ2) is 14.6. The van der Waals surface area contributed by atoms with Crippen molar-refractivity contribution in [3.8, 4) is 6.07 Å². The van der Waals surface area contributed by atoms with Gasteiger partial charge in [0, 0.05) is 25.4 Å². The third kappa shape index (κ3) is 8.93. The Kier molecular flexibility index (Phi) is 10.5. The van der Waals surface area contributed by atoms with E-state index in [4.69, 9.17) is 9.47 Å². The number of rotatable bonds is 6. The van der Waals surface area contributed by atoms with Crippen LogP contribution in [0, 0.1) is 17.2 Å². The van der Waals surface area contributed by atoms with Gasteiger partial charge >= 0.3 is 22.4 Å². The van der Waals surface area contributed by atoms with Gasteiger partial charge in [0.15, 0.2) is 0 Å². The minimum atomic E-state index is -4.47. The molecule has 53 heavy (non-hydrogen) atoms. The molecule has 5 aliphatic rings. The summed E-state index contributed by atoms with van der Waals surface area (Å²) in [5.74, 6) is -2.86. The third-order valence-corrected chi connectivity index (χ3v) is 11.3. The highest BCUT2D eigenvalue weighted by Crippen LogP contribution is 2.46. The number of benzene rings is 1. The second-order valence-electron chi connectivity index (χ2n) is 15.6. The normalized spacial score (nSPS) is 28.7. The molecule has 16 nitrogen and oxygen atoms in total. The van der Waals surface area contributed by atoms with Crippen LogP contribution in [0.25, 0.3) is 0 Å². The van der Waals surface area contributed by atoms with Crippen LogP contribution in [0.15, 0.2) is 36.4 Å². The van der Waals surface area contributed by atoms with Crippen molar-refractivity contribution in [3.05, 3.63) is 47.5 Å². The lowest BCUT2D eigenvalue weighted by Gasteiger charge is -2.30. The van der Waals surface area contributed by atoms with Gasteiger partial charge in [-0.25, -0.2) is 14.3 Å². The molecule has 5 amide bonds. The summed E-state index contributed by atoms with van der Waals surface area (Å²) < 4.78 is 41.4. The molecule has 1 aromatic carbocycles. The smallest absolute Gasteiger partial charge is 0.410 e. The van der Waals surface area contributed by atoms with Crippen molar-refractivity contribution >= 4 is 40.1 Å². The summed E-state index contributed by atoms with van der Waals surface area (Å²) in [5, 5.41) is 14.8. The van der Waals surface area contributed by atoms with E-state index in [1.165, 1.54) is 9.80 Å². The van der Waals surface area contributed by atoms with Gasteiger partial charge in [0.25, 0.3) is 5.91 Å². The number of nitriles is 1. The van der Waals surface area contributed by atoms with Crippen molar-refractivity contribution in [3.63, 3.8) is 0 Å². The molecule has 3 heterocycles. The Hall–Kier alpha value is -4.69. The molecule has 3 aliphatic heterocycles. The van der Waals surface area contributed by atoms with E-state index in [1.807, 2.05) is 41.1 Å². The minimum Gasteiger partial charge on any atom is -0.444 e. The fourth-order valence-corrected chi connectivity index (χ4v) is 8.39. The van der Waals surface area contributed by atoms with Gasteiger partial charge < -0.3 is 25.0 Å². The Bertz CT molecular complexity index is 1810. The average Bonchev–Trinajstić information content (AvgIpc) is 3.88. The molecule has 0 bridgehead atoms. The van der Waals surface area contributed by atoms with E-state index in [1.54, 1.807) is 26.8 Å². The van der Waals surface area contributed by atoms with Crippen LogP contribution in [0.2, 0.25) is 0 Å². The van der Waals surface area contributed by atoms with Gasteiger partial charge in [-0.2, -0.15) is 18.4 Å². The lowest BCUT2D eigenvalue weighted by atomic mass is 10.0. The molecule has 4 N–H and O–H groups in total. The first kappa shape index (κ1) is 38.0. The Balaban J connectivity index is 1.25. The highest BCUT2D eigenvalue weighted by atomic mass is 32.2. The van der Waals surface area contributed by atoms with E-state index in [0.717, 1.165) is 17.5 Å². The summed E-state index contributed by atoms with van der Waals surface area (Å²) in [6.45, 7) is 5.62. The molecule has 0 unspecified atom stereocenters. The number of alkyl carbamates (subject to hydrolysis) is 1. The summed E-state index contributed by atoms with van der Waals surface area (Å²) in [4.78, 5) is 71.4. The first-order chi connectivity index (χ1) is 25.0. The van der Waals surface area contributed by atoms with E-state index in [0.29, 0.717) is 45.2 Å². The molecular formula is C36H47N7O9S. The van der Waals surface area contributed by atoms with Crippen LogP contribution in [0.3, 0.4) is 0 Å². The number of hydrogen-bond donors (Lipinski definition) is 4. The summed E-state index contributed by atoms with van der Waals surface area (Å²) in [5.41, 5.74) is -1.80. The Morgan fingerprint density at radius 2 is 1.75 bits per heavy atom. The fraction of sp³-hybridized carbons (Fsp3) is 0.611. The highest BCUT2D eigenvalue weighted by molar-refractivity contribution is 7.88. The van der Waals surface area contributed by atoms with Crippen molar-refractivity contribution in [1.29, 1.82) is 5.26 Å². The van der Waals surface area contributed by atoms with Gasteiger partial charge in [0.1, 0.15) is 34.9 Å². The zero-order valence-electron chi connectivity index (χ0n) is 30.2. The van der Waals surface area contributed by atoms with Crippen LogP contribution in [-0.2, 0) is 47.2 Å². The van der Waals surface area contributed by atoms with E-state index in [-0.39, 0.29) is 25.8 Å². The zero-order valence-corrected chi connectivity index (χ0v) is 31.0. The molecule has 0 radical (unpaired) electrons. The molecule has 1 aromatic rings. The number of allylic oxidation sites excluding steroid dienone is 1. The molecular weight excluding hydrogens is 707 g/mol. The van der Waals surface area contributed by atoms with Crippen molar-refractivity contribution in [2.45, 2.75) is 127 Å². The number of ether oxygens (including phenoxy) is 2. The van der Waals surface area contributed by atoms with Crippen LogP contribution >= 0.6 is 0 Å². The van der Waals surface area contributed by atoms with Crippen LogP contribution in [0.1, 0.15) is 89.7 Å². The van der Waals surface area contributed by atoms with E-state index in [9.17, 15) is 37.7 Å². The molecule has 6 rings (SSSR count). The van der Waals surface area contributed by atoms with Crippen molar-refractivity contribution in [2.24, 2.45) is 5.92 Å². The predicted octanol–water partition coefficient (Wildman–Crippen LogP) is 2.40. The molecule has 0 spiro atoms. The van der Waals surface area contributed by atoms with E-state index < -0.39 is 80.9 Å².